The van der Waals surface area contributed by atoms with Gasteiger partial charge in [0, 0.05) is 28.8 Å². The summed E-state index contributed by atoms with van der Waals surface area (Å²) in [5.41, 5.74) is 0.503. The summed E-state index contributed by atoms with van der Waals surface area (Å²) in [7, 11) is 0. The van der Waals surface area contributed by atoms with Crippen molar-refractivity contribution in [1.29, 1.82) is 0 Å². The normalized spacial score (nSPS) is 10.5. The molecule has 0 unspecified atom stereocenters. The summed E-state index contributed by atoms with van der Waals surface area (Å²) in [6.07, 6.45) is 1.42. The lowest BCUT2D eigenvalue weighted by molar-refractivity contribution is -0.384. The SMILES string of the molecule is O=C(C=CSc1ccccc1)Nc1ccc([N+](=O)[O-])cc1. The number of carbonyl (C=O) groups excluding carboxylic acids is 1. The van der Waals surface area contributed by atoms with Crippen molar-refractivity contribution in [2.24, 2.45) is 0 Å². The molecule has 0 aliphatic heterocycles. The fraction of sp³-hybridized carbons (Fsp3) is 0. The van der Waals surface area contributed by atoms with E-state index in [0.29, 0.717) is 5.69 Å². The summed E-state index contributed by atoms with van der Waals surface area (Å²) in [6.45, 7) is 0. The zero-order valence-corrected chi connectivity index (χ0v) is 11.7. The van der Waals surface area contributed by atoms with Gasteiger partial charge in [-0.25, -0.2) is 0 Å². The smallest absolute Gasteiger partial charge is 0.269 e. The molecule has 0 fully saturated rings. The number of nitro groups is 1. The van der Waals surface area contributed by atoms with Gasteiger partial charge in [-0.1, -0.05) is 30.0 Å². The van der Waals surface area contributed by atoms with Crippen LogP contribution in [0.4, 0.5) is 11.4 Å². The van der Waals surface area contributed by atoms with E-state index < -0.39 is 4.92 Å². The number of rotatable bonds is 5. The van der Waals surface area contributed by atoms with Gasteiger partial charge in [-0.3, -0.25) is 14.9 Å². The maximum absolute atomic E-state index is 11.7. The standard InChI is InChI=1S/C15H12N2O3S/c18-15(10-11-21-14-4-2-1-3-5-14)16-12-6-8-13(9-7-12)17(19)20/h1-11H,(H,16,18). The van der Waals surface area contributed by atoms with Crippen LogP contribution in [0.3, 0.4) is 0 Å². The number of amides is 1. The van der Waals surface area contributed by atoms with Crippen LogP contribution in [0, 0.1) is 10.1 Å². The van der Waals surface area contributed by atoms with Gasteiger partial charge in [-0.2, -0.15) is 0 Å². The number of nitrogens with zero attached hydrogens (tertiary/aromatic N) is 1. The number of nitrogens with one attached hydrogen (secondary N) is 1. The Morgan fingerprint density at radius 3 is 2.38 bits per heavy atom. The summed E-state index contributed by atoms with van der Waals surface area (Å²) in [5, 5.41) is 14.8. The predicted octanol–water partition coefficient (Wildman–Crippen LogP) is 3.84. The van der Waals surface area contributed by atoms with Crippen LogP contribution in [0.15, 0.2) is 71.0 Å². The molecule has 0 aliphatic carbocycles. The Hall–Kier alpha value is -2.60. The van der Waals surface area contributed by atoms with Crippen molar-refractivity contribution >= 4 is 29.0 Å². The van der Waals surface area contributed by atoms with Crippen LogP contribution < -0.4 is 5.32 Å². The number of hydrogen-bond donors (Lipinski definition) is 1. The molecule has 6 heteroatoms. The molecule has 1 amide bonds. The maximum atomic E-state index is 11.7. The molecule has 21 heavy (non-hydrogen) atoms. The number of anilines is 1. The molecular formula is C15H12N2O3S. The molecule has 0 atom stereocenters. The first-order chi connectivity index (χ1) is 10.1. The lowest BCUT2D eigenvalue weighted by atomic mass is 10.3. The Bertz CT molecular complexity index is 654. The van der Waals surface area contributed by atoms with Gasteiger partial charge in [0.15, 0.2) is 0 Å². The number of non-ortho nitro benzene ring substituents is 1. The fourth-order valence-electron chi connectivity index (χ4n) is 1.52. The molecule has 0 spiro atoms. The van der Waals surface area contributed by atoms with Gasteiger partial charge in [0.1, 0.15) is 0 Å². The van der Waals surface area contributed by atoms with E-state index in [-0.39, 0.29) is 11.6 Å². The average Bonchev–Trinajstić information content (AvgIpc) is 2.49. The summed E-state index contributed by atoms with van der Waals surface area (Å²) in [6, 6.07) is 15.3. The van der Waals surface area contributed by atoms with E-state index in [1.165, 1.54) is 42.1 Å². The molecule has 0 bridgehead atoms. The van der Waals surface area contributed by atoms with Crippen molar-refractivity contribution in [3.05, 3.63) is 76.2 Å². The van der Waals surface area contributed by atoms with Crippen molar-refractivity contribution in [3.63, 3.8) is 0 Å². The molecule has 0 saturated heterocycles. The van der Waals surface area contributed by atoms with Crippen LogP contribution >= 0.6 is 11.8 Å². The zero-order chi connectivity index (χ0) is 15.1. The van der Waals surface area contributed by atoms with Crippen LogP contribution in [0.5, 0.6) is 0 Å². The second kappa shape index (κ2) is 7.25. The summed E-state index contributed by atoms with van der Waals surface area (Å²) in [4.78, 5) is 22.7. The van der Waals surface area contributed by atoms with Crippen molar-refractivity contribution in [1.82, 2.24) is 0 Å². The van der Waals surface area contributed by atoms with E-state index in [4.69, 9.17) is 0 Å². The predicted molar refractivity (Wildman–Crippen MR) is 83.2 cm³/mol. The van der Waals surface area contributed by atoms with E-state index in [0.717, 1.165) is 4.90 Å². The number of thioether (sulfide) groups is 1. The van der Waals surface area contributed by atoms with Gasteiger partial charge in [-0.05, 0) is 29.7 Å². The van der Waals surface area contributed by atoms with E-state index in [1.54, 1.807) is 5.41 Å². The number of nitro benzene ring substituents is 1. The second-order valence-electron chi connectivity index (χ2n) is 4.03. The second-order valence-corrected chi connectivity index (χ2v) is 5.01. The number of carbonyl (C=O) groups is 1. The van der Waals surface area contributed by atoms with Crippen LogP contribution in [-0.4, -0.2) is 10.8 Å². The van der Waals surface area contributed by atoms with E-state index in [1.807, 2.05) is 30.3 Å². The van der Waals surface area contributed by atoms with Crippen molar-refractivity contribution in [3.8, 4) is 0 Å². The van der Waals surface area contributed by atoms with Gasteiger partial charge >= 0.3 is 0 Å². The summed E-state index contributed by atoms with van der Waals surface area (Å²) >= 11 is 1.43. The van der Waals surface area contributed by atoms with E-state index in [2.05, 4.69) is 5.32 Å². The Labute approximate surface area is 125 Å². The Morgan fingerprint density at radius 2 is 1.76 bits per heavy atom. The molecule has 2 rings (SSSR count). The average molecular weight is 300 g/mol. The Kier molecular flexibility index (Phi) is 5.11. The Morgan fingerprint density at radius 1 is 1.10 bits per heavy atom. The molecule has 106 valence electrons. The highest BCUT2D eigenvalue weighted by atomic mass is 32.2. The van der Waals surface area contributed by atoms with E-state index >= 15 is 0 Å². The summed E-state index contributed by atoms with van der Waals surface area (Å²) in [5.74, 6) is -0.285. The molecule has 0 heterocycles. The van der Waals surface area contributed by atoms with Crippen molar-refractivity contribution in [2.45, 2.75) is 4.90 Å². The van der Waals surface area contributed by atoms with Gasteiger partial charge in [-0.15, -0.1) is 0 Å². The van der Waals surface area contributed by atoms with E-state index in [9.17, 15) is 14.9 Å². The summed E-state index contributed by atoms with van der Waals surface area (Å²) < 4.78 is 0. The highest BCUT2D eigenvalue weighted by Crippen LogP contribution is 2.18. The third-order valence-corrected chi connectivity index (χ3v) is 3.33. The van der Waals surface area contributed by atoms with Crippen molar-refractivity contribution < 1.29 is 9.72 Å². The first-order valence-electron chi connectivity index (χ1n) is 6.09. The van der Waals surface area contributed by atoms with Gasteiger partial charge in [0.05, 0.1) is 4.92 Å². The lowest BCUT2D eigenvalue weighted by Gasteiger charge is -2.01. The molecule has 1 N–H and O–H groups in total. The van der Waals surface area contributed by atoms with Gasteiger partial charge in [0.25, 0.3) is 5.69 Å². The van der Waals surface area contributed by atoms with Crippen LogP contribution in [0.25, 0.3) is 0 Å². The molecule has 0 radical (unpaired) electrons. The molecule has 5 nitrogen and oxygen atoms in total. The third-order valence-electron chi connectivity index (χ3n) is 2.51. The highest BCUT2D eigenvalue weighted by molar-refractivity contribution is 8.02. The Balaban J connectivity index is 1.88. The molecule has 0 aromatic heterocycles. The third kappa shape index (κ3) is 4.77. The molecule has 0 saturated carbocycles. The topological polar surface area (TPSA) is 72.2 Å². The van der Waals surface area contributed by atoms with Crippen LogP contribution in [-0.2, 0) is 4.79 Å². The van der Waals surface area contributed by atoms with Crippen molar-refractivity contribution in [2.75, 3.05) is 5.32 Å². The number of benzene rings is 2. The minimum absolute atomic E-state index is 0.0109. The lowest BCUT2D eigenvalue weighted by Crippen LogP contribution is -2.07. The monoisotopic (exact) mass is 300 g/mol. The largest absolute Gasteiger partial charge is 0.322 e. The molecule has 2 aromatic carbocycles. The minimum Gasteiger partial charge on any atom is -0.322 e. The van der Waals surface area contributed by atoms with Crippen LogP contribution in [0.2, 0.25) is 0 Å². The first-order valence-corrected chi connectivity index (χ1v) is 6.97. The molecule has 2 aromatic rings. The number of hydrogen-bond acceptors (Lipinski definition) is 4. The molecule has 0 aliphatic rings. The highest BCUT2D eigenvalue weighted by Gasteiger charge is 2.04. The van der Waals surface area contributed by atoms with Gasteiger partial charge in [0.2, 0.25) is 5.91 Å². The molecular weight excluding hydrogens is 288 g/mol. The fourth-order valence-corrected chi connectivity index (χ4v) is 2.19. The maximum Gasteiger partial charge on any atom is 0.269 e. The van der Waals surface area contributed by atoms with Crippen LogP contribution in [0.1, 0.15) is 0 Å². The van der Waals surface area contributed by atoms with Gasteiger partial charge < -0.3 is 5.32 Å². The zero-order valence-electron chi connectivity index (χ0n) is 10.9. The minimum atomic E-state index is -0.484. The first kappa shape index (κ1) is 14.8. The quantitative estimate of drug-likeness (QED) is 0.394.